The third-order valence-electron chi connectivity index (χ3n) is 2.91. The van der Waals surface area contributed by atoms with E-state index in [2.05, 4.69) is 12.2 Å². The minimum Gasteiger partial charge on any atom is -0.384 e. The zero-order valence-corrected chi connectivity index (χ0v) is 9.21. The van der Waals surface area contributed by atoms with Gasteiger partial charge in [0.25, 0.3) is 0 Å². The van der Waals surface area contributed by atoms with Gasteiger partial charge in [0.15, 0.2) is 0 Å². The van der Waals surface area contributed by atoms with Crippen molar-refractivity contribution in [3.8, 4) is 0 Å². The maximum absolute atomic E-state index is 11.4. The number of carbonyl (C=O) groups excluding carboxylic acids is 1. The number of carbonyl (C=O) groups is 1. The predicted molar refractivity (Wildman–Crippen MR) is 56.1 cm³/mol. The molecule has 3 heteroatoms. The molecule has 1 aliphatic rings. The van der Waals surface area contributed by atoms with E-state index in [9.17, 15) is 4.79 Å². The Balaban J connectivity index is 2.14. The van der Waals surface area contributed by atoms with E-state index in [0.717, 1.165) is 18.8 Å². The second-order valence-corrected chi connectivity index (χ2v) is 4.27. The van der Waals surface area contributed by atoms with E-state index < -0.39 is 0 Å². The van der Waals surface area contributed by atoms with E-state index in [1.807, 2.05) is 0 Å². The molecule has 1 fully saturated rings. The molecule has 0 saturated heterocycles. The van der Waals surface area contributed by atoms with Crippen LogP contribution in [0.25, 0.3) is 0 Å². The summed E-state index contributed by atoms with van der Waals surface area (Å²) in [4.78, 5) is 11.4. The van der Waals surface area contributed by atoms with Gasteiger partial charge in [-0.3, -0.25) is 4.79 Å². The van der Waals surface area contributed by atoms with E-state index >= 15 is 0 Å². The van der Waals surface area contributed by atoms with E-state index in [0.29, 0.717) is 19.1 Å². The van der Waals surface area contributed by atoms with Crippen molar-refractivity contribution in [3.63, 3.8) is 0 Å². The summed E-state index contributed by atoms with van der Waals surface area (Å²) in [7, 11) is 1.62. The average molecular weight is 199 g/mol. The van der Waals surface area contributed by atoms with Crippen molar-refractivity contribution in [2.45, 2.75) is 45.1 Å². The summed E-state index contributed by atoms with van der Waals surface area (Å²) in [5, 5.41) is 3.06. The molecule has 0 heterocycles. The number of nitrogens with one attached hydrogen (secondary N) is 1. The van der Waals surface area contributed by atoms with Crippen molar-refractivity contribution in [2.75, 3.05) is 13.7 Å². The second kappa shape index (κ2) is 6.02. The average Bonchev–Trinajstić information content (AvgIpc) is 2.18. The summed E-state index contributed by atoms with van der Waals surface area (Å²) in [6.07, 6.45) is 5.26. The first-order chi connectivity index (χ1) is 6.72. The van der Waals surface area contributed by atoms with E-state index in [-0.39, 0.29) is 5.91 Å². The smallest absolute Gasteiger partial charge is 0.222 e. The van der Waals surface area contributed by atoms with Crippen LogP contribution in [0, 0.1) is 5.92 Å². The quantitative estimate of drug-likeness (QED) is 0.748. The molecule has 1 saturated carbocycles. The topological polar surface area (TPSA) is 38.3 Å². The van der Waals surface area contributed by atoms with Crippen LogP contribution in [0.1, 0.15) is 39.0 Å². The number of hydrogen-bond donors (Lipinski definition) is 1. The molecule has 0 atom stereocenters. The maximum atomic E-state index is 11.4. The van der Waals surface area contributed by atoms with Gasteiger partial charge in [0.2, 0.25) is 5.91 Å². The Morgan fingerprint density at radius 3 is 2.57 bits per heavy atom. The van der Waals surface area contributed by atoms with E-state index in [1.54, 1.807) is 7.11 Å². The Morgan fingerprint density at radius 2 is 2.00 bits per heavy atom. The molecule has 0 aliphatic heterocycles. The number of hydrogen-bond acceptors (Lipinski definition) is 2. The van der Waals surface area contributed by atoms with Gasteiger partial charge in [0.1, 0.15) is 0 Å². The first-order valence-corrected chi connectivity index (χ1v) is 5.50. The van der Waals surface area contributed by atoms with Crippen molar-refractivity contribution in [1.29, 1.82) is 0 Å². The molecule has 3 nitrogen and oxygen atoms in total. The molecular formula is C11H21NO2. The molecule has 0 aromatic carbocycles. The van der Waals surface area contributed by atoms with Crippen LogP contribution in [0.5, 0.6) is 0 Å². The van der Waals surface area contributed by atoms with Crippen LogP contribution >= 0.6 is 0 Å². The van der Waals surface area contributed by atoms with Crippen molar-refractivity contribution in [3.05, 3.63) is 0 Å². The molecule has 0 aromatic heterocycles. The lowest BCUT2D eigenvalue weighted by Gasteiger charge is -2.26. The van der Waals surface area contributed by atoms with E-state index in [1.165, 1.54) is 12.8 Å². The molecule has 1 amide bonds. The Bertz CT molecular complexity index is 174. The summed E-state index contributed by atoms with van der Waals surface area (Å²) < 4.78 is 4.86. The van der Waals surface area contributed by atoms with Crippen molar-refractivity contribution >= 4 is 5.91 Å². The minimum atomic E-state index is 0.131. The fraction of sp³-hybridized carbons (Fsp3) is 0.909. The van der Waals surface area contributed by atoms with Gasteiger partial charge in [0.05, 0.1) is 6.61 Å². The van der Waals surface area contributed by atoms with E-state index in [4.69, 9.17) is 4.74 Å². The molecule has 0 spiro atoms. The first kappa shape index (κ1) is 11.5. The highest BCUT2D eigenvalue weighted by Crippen LogP contribution is 2.23. The molecule has 0 bridgehead atoms. The Labute approximate surface area is 86.2 Å². The molecule has 0 radical (unpaired) electrons. The zero-order chi connectivity index (χ0) is 10.4. The summed E-state index contributed by atoms with van der Waals surface area (Å²) in [5.41, 5.74) is 0. The Kier molecular flexibility index (Phi) is 4.94. The highest BCUT2D eigenvalue weighted by atomic mass is 16.5. The van der Waals surface area contributed by atoms with Gasteiger partial charge in [-0.05, 0) is 31.6 Å². The molecular weight excluding hydrogens is 178 g/mol. The predicted octanol–water partition coefficient (Wildman–Crippen LogP) is 1.72. The van der Waals surface area contributed by atoms with Gasteiger partial charge in [-0.2, -0.15) is 0 Å². The Morgan fingerprint density at radius 1 is 1.36 bits per heavy atom. The van der Waals surface area contributed by atoms with Crippen LogP contribution in [-0.4, -0.2) is 25.7 Å². The van der Waals surface area contributed by atoms with Crippen LogP contribution in [0.4, 0.5) is 0 Å². The summed E-state index contributed by atoms with van der Waals surface area (Å²) in [6.45, 7) is 2.80. The standard InChI is InChI=1S/C11H21NO2/c1-9-3-5-10(6-4-9)12-11(13)7-8-14-2/h9-10H,3-8H2,1-2H3,(H,12,13)/t9-,10-. The SMILES string of the molecule is COCCC(=O)N[C@H]1CC[C@H](C)CC1. The monoisotopic (exact) mass is 199 g/mol. The van der Waals surface area contributed by atoms with Gasteiger partial charge in [0, 0.05) is 19.6 Å². The van der Waals surface area contributed by atoms with Crippen molar-refractivity contribution in [2.24, 2.45) is 5.92 Å². The molecule has 14 heavy (non-hydrogen) atoms. The number of rotatable bonds is 4. The molecule has 1 N–H and O–H groups in total. The fourth-order valence-electron chi connectivity index (χ4n) is 1.90. The summed E-state index contributed by atoms with van der Waals surface area (Å²) >= 11 is 0. The number of amides is 1. The highest BCUT2D eigenvalue weighted by molar-refractivity contribution is 5.76. The zero-order valence-electron chi connectivity index (χ0n) is 9.21. The number of methoxy groups -OCH3 is 1. The van der Waals surface area contributed by atoms with Crippen LogP contribution in [0.15, 0.2) is 0 Å². The highest BCUT2D eigenvalue weighted by Gasteiger charge is 2.19. The van der Waals surface area contributed by atoms with Crippen LogP contribution in [0.2, 0.25) is 0 Å². The molecule has 82 valence electrons. The minimum absolute atomic E-state index is 0.131. The van der Waals surface area contributed by atoms with Gasteiger partial charge in [-0.1, -0.05) is 6.92 Å². The fourth-order valence-corrected chi connectivity index (χ4v) is 1.90. The number of ether oxygens (including phenoxy) is 1. The maximum Gasteiger partial charge on any atom is 0.222 e. The van der Waals surface area contributed by atoms with Crippen LogP contribution in [0.3, 0.4) is 0 Å². The first-order valence-electron chi connectivity index (χ1n) is 5.50. The molecule has 0 aromatic rings. The lowest BCUT2D eigenvalue weighted by atomic mass is 9.87. The van der Waals surface area contributed by atoms with Gasteiger partial charge < -0.3 is 10.1 Å². The van der Waals surface area contributed by atoms with Crippen molar-refractivity contribution in [1.82, 2.24) is 5.32 Å². The summed E-state index contributed by atoms with van der Waals surface area (Å²) in [5.74, 6) is 0.966. The second-order valence-electron chi connectivity index (χ2n) is 4.27. The third kappa shape index (κ3) is 4.09. The molecule has 1 aliphatic carbocycles. The lowest BCUT2D eigenvalue weighted by molar-refractivity contribution is -0.122. The van der Waals surface area contributed by atoms with Crippen molar-refractivity contribution < 1.29 is 9.53 Å². The van der Waals surface area contributed by atoms with Crippen LogP contribution < -0.4 is 5.32 Å². The third-order valence-corrected chi connectivity index (χ3v) is 2.91. The normalized spacial score (nSPS) is 27.3. The van der Waals surface area contributed by atoms with Gasteiger partial charge in [-0.15, -0.1) is 0 Å². The van der Waals surface area contributed by atoms with Gasteiger partial charge in [-0.25, -0.2) is 0 Å². The molecule has 0 unspecified atom stereocenters. The van der Waals surface area contributed by atoms with Gasteiger partial charge >= 0.3 is 0 Å². The molecule has 1 rings (SSSR count). The summed E-state index contributed by atoms with van der Waals surface area (Å²) in [6, 6.07) is 0.413. The lowest BCUT2D eigenvalue weighted by Crippen LogP contribution is -2.37. The Hall–Kier alpha value is -0.570. The van der Waals surface area contributed by atoms with Crippen LogP contribution in [-0.2, 0) is 9.53 Å². The largest absolute Gasteiger partial charge is 0.384 e.